The van der Waals surface area contributed by atoms with Crippen LogP contribution < -0.4 is 10.6 Å². The minimum Gasteiger partial charge on any atom is -0.376 e. The van der Waals surface area contributed by atoms with Gasteiger partial charge in [0.15, 0.2) is 0 Å². The number of nitro groups is 1. The molecule has 0 saturated heterocycles. The molecule has 120 valence electrons. The van der Waals surface area contributed by atoms with Crippen LogP contribution in [0.4, 0.5) is 17.1 Å². The Hall–Kier alpha value is -2.31. The van der Waals surface area contributed by atoms with Gasteiger partial charge in [-0.25, -0.2) is 0 Å². The highest BCUT2D eigenvalue weighted by atomic mass is 35.5. The summed E-state index contributed by atoms with van der Waals surface area (Å²) in [5.41, 5.74) is 1.52. The Labute approximate surface area is 142 Å². The first-order valence-corrected chi connectivity index (χ1v) is 7.37. The number of carbonyl (C=O) groups is 1. The predicted octanol–water partition coefficient (Wildman–Crippen LogP) is 4.26. The van der Waals surface area contributed by atoms with E-state index in [9.17, 15) is 14.9 Å². The minimum absolute atomic E-state index is 0.000101. The third-order valence-electron chi connectivity index (χ3n) is 3.14. The summed E-state index contributed by atoms with van der Waals surface area (Å²) < 4.78 is 0. The molecule has 0 unspecified atom stereocenters. The lowest BCUT2D eigenvalue weighted by molar-refractivity contribution is -0.385. The largest absolute Gasteiger partial charge is 0.376 e. The SMILES string of the molecule is Cc1c(NCC(=O)Nc2ccc(Cl)c(Cl)c2)cccc1[N+](=O)[O-]. The van der Waals surface area contributed by atoms with Crippen molar-refractivity contribution in [3.05, 3.63) is 62.1 Å². The molecule has 8 heteroatoms. The molecule has 0 atom stereocenters. The molecule has 6 nitrogen and oxygen atoms in total. The lowest BCUT2D eigenvalue weighted by Crippen LogP contribution is -2.22. The van der Waals surface area contributed by atoms with Crippen molar-refractivity contribution in [2.45, 2.75) is 6.92 Å². The molecular formula is C15H13Cl2N3O3. The first-order valence-electron chi connectivity index (χ1n) is 6.61. The van der Waals surface area contributed by atoms with Gasteiger partial charge in [-0.05, 0) is 31.2 Å². The fourth-order valence-electron chi connectivity index (χ4n) is 1.97. The van der Waals surface area contributed by atoms with E-state index in [2.05, 4.69) is 10.6 Å². The Bertz CT molecular complexity index is 766. The zero-order valence-electron chi connectivity index (χ0n) is 12.1. The highest BCUT2D eigenvalue weighted by Crippen LogP contribution is 2.26. The molecule has 0 fully saturated rings. The van der Waals surface area contributed by atoms with Crippen molar-refractivity contribution in [3.63, 3.8) is 0 Å². The smallest absolute Gasteiger partial charge is 0.274 e. The molecular weight excluding hydrogens is 341 g/mol. The zero-order chi connectivity index (χ0) is 17.0. The quantitative estimate of drug-likeness (QED) is 0.621. The van der Waals surface area contributed by atoms with E-state index in [1.807, 2.05) is 0 Å². The molecule has 0 aromatic heterocycles. The van der Waals surface area contributed by atoms with E-state index in [4.69, 9.17) is 23.2 Å². The summed E-state index contributed by atoms with van der Waals surface area (Å²) in [5, 5.41) is 17.2. The summed E-state index contributed by atoms with van der Waals surface area (Å²) in [7, 11) is 0. The molecule has 0 heterocycles. The van der Waals surface area contributed by atoms with Gasteiger partial charge in [-0.2, -0.15) is 0 Å². The Balaban J connectivity index is 2.00. The van der Waals surface area contributed by atoms with Gasteiger partial charge in [0.05, 0.1) is 21.5 Å². The van der Waals surface area contributed by atoms with Crippen molar-refractivity contribution in [2.24, 2.45) is 0 Å². The summed E-state index contributed by atoms with van der Waals surface area (Å²) in [4.78, 5) is 22.4. The van der Waals surface area contributed by atoms with Crippen LogP contribution in [0.2, 0.25) is 10.0 Å². The lowest BCUT2D eigenvalue weighted by atomic mass is 10.1. The van der Waals surface area contributed by atoms with E-state index in [-0.39, 0.29) is 18.1 Å². The maximum atomic E-state index is 11.9. The van der Waals surface area contributed by atoms with Crippen molar-refractivity contribution in [3.8, 4) is 0 Å². The van der Waals surface area contributed by atoms with Crippen LogP contribution in [-0.2, 0) is 4.79 Å². The average molecular weight is 354 g/mol. The summed E-state index contributed by atoms with van der Waals surface area (Å²) in [6, 6.07) is 9.40. The molecule has 0 aliphatic carbocycles. The lowest BCUT2D eigenvalue weighted by Gasteiger charge is -2.10. The van der Waals surface area contributed by atoms with Crippen LogP contribution in [0.5, 0.6) is 0 Å². The maximum Gasteiger partial charge on any atom is 0.274 e. The molecule has 0 radical (unpaired) electrons. The van der Waals surface area contributed by atoms with Crippen molar-refractivity contribution in [2.75, 3.05) is 17.2 Å². The summed E-state index contributed by atoms with van der Waals surface area (Å²) in [6.07, 6.45) is 0. The Kier molecular flexibility index (Phi) is 5.41. The second-order valence-electron chi connectivity index (χ2n) is 4.74. The fraction of sp³-hybridized carbons (Fsp3) is 0.133. The minimum atomic E-state index is -0.462. The van der Waals surface area contributed by atoms with Crippen LogP contribution in [0, 0.1) is 17.0 Å². The summed E-state index contributed by atoms with van der Waals surface area (Å²) >= 11 is 11.7. The Morgan fingerprint density at radius 1 is 1.22 bits per heavy atom. The van der Waals surface area contributed by atoms with Crippen LogP contribution in [0.3, 0.4) is 0 Å². The number of hydrogen-bond acceptors (Lipinski definition) is 4. The molecule has 0 bridgehead atoms. The standard InChI is InChI=1S/C15H13Cl2N3O3/c1-9-13(3-2-4-14(9)20(22)23)18-8-15(21)19-10-5-6-11(16)12(17)7-10/h2-7,18H,8H2,1H3,(H,19,21). The zero-order valence-corrected chi connectivity index (χ0v) is 13.6. The molecule has 2 aromatic carbocycles. The van der Waals surface area contributed by atoms with E-state index >= 15 is 0 Å². The molecule has 2 rings (SSSR count). The van der Waals surface area contributed by atoms with Gasteiger partial charge in [0.25, 0.3) is 5.69 Å². The van der Waals surface area contributed by atoms with Gasteiger partial charge >= 0.3 is 0 Å². The number of carbonyl (C=O) groups excluding carboxylic acids is 1. The molecule has 0 aliphatic heterocycles. The van der Waals surface area contributed by atoms with E-state index < -0.39 is 4.92 Å². The third-order valence-corrected chi connectivity index (χ3v) is 3.88. The first kappa shape index (κ1) is 17.1. The van der Waals surface area contributed by atoms with Crippen molar-refractivity contribution in [1.29, 1.82) is 0 Å². The highest BCUT2D eigenvalue weighted by Gasteiger charge is 2.13. The van der Waals surface area contributed by atoms with Crippen molar-refractivity contribution < 1.29 is 9.72 Å². The van der Waals surface area contributed by atoms with E-state index in [0.29, 0.717) is 27.0 Å². The van der Waals surface area contributed by atoms with Gasteiger partial charge < -0.3 is 10.6 Å². The predicted molar refractivity (Wildman–Crippen MR) is 91.4 cm³/mol. The Morgan fingerprint density at radius 2 is 1.96 bits per heavy atom. The highest BCUT2D eigenvalue weighted by molar-refractivity contribution is 6.42. The molecule has 0 saturated carbocycles. The molecule has 2 aromatic rings. The maximum absolute atomic E-state index is 11.9. The molecule has 2 N–H and O–H groups in total. The van der Waals surface area contributed by atoms with Gasteiger partial charge in [0.2, 0.25) is 5.91 Å². The van der Waals surface area contributed by atoms with Gasteiger partial charge in [-0.3, -0.25) is 14.9 Å². The topological polar surface area (TPSA) is 84.3 Å². The van der Waals surface area contributed by atoms with E-state index in [1.54, 1.807) is 37.3 Å². The van der Waals surface area contributed by atoms with Gasteiger partial charge in [0, 0.05) is 23.0 Å². The number of halogens is 2. The second-order valence-corrected chi connectivity index (χ2v) is 5.55. The number of nitrogens with one attached hydrogen (secondary N) is 2. The number of rotatable bonds is 5. The summed E-state index contributed by atoms with van der Waals surface area (Å²) in [5.74, 6) is -0.311. The van der Waals surface area contributed by atoms with Crippen molar-refractivity contribution in [1.82, 2.24) is 0 Å². The van der Waals surface area contributed by atoms with E-state index in [1.165, 1.54) is 6.07 Å². The van der Waals surface area contributed by atoms with Crippen molar-refractivity contribution >= 4 is 46.2 Å². The molecule has 1 amide bonds. The van der Waals surface area contributed by atoms with Gasteiger partial charge in [-0.15, -0.1) is 0 Å². The average Bonchev–Trinajstić information content (AvgIpc) is 2.49. The number of nitro benzene ring substituents is 1. The monoisotopic (exact) mass is 353 g/mol. The number of nitrogens with zero attached hydrogens (tertiary/aromatic N) is 1. The first-order chi connectivity index (χ1) is 10.9. The molecule has 23 heavy (non-hydrogen) atoms. The van der Waals surface area contributed by atoms with E-state index in [0.717, 1.165) is 0 Å². The number of anilines is 2. The van der Waals surface area contributed by atoms with Gasteiger partial charge in [-0.1, -0.05) is 29.3 Å². The molecule has 0 spiro atoms. The van der Waals surface area contributed by atoms with Crippen LogP contribution in [-0.4, -0.2) is 17.4 Å². The number of benzene rings is 2. The fourth-order valence-corrected chi connectivity index (χ4v) is 2.27. The van der Waals surface area contributed by atoms with Crippen LogP contribution in [0.1, 0.15) is 5.56 Å². The Morgan fingerprint density at radius 3 is 2.61 bits per heavy atom. The molecule has 0 aliphatic rings. The van der Waals surface area contributed by atoms with Crippen LogP contribution in [0.15, 0.2) is 36.4 Å². The van der Waals surface area contributed by atoms with Crippen LogP contribution >= 0.6 is 23.2 Å². The van der Waals surface area contributed by atoms with Crippen LogP contribution in [0.25, 0.3) is 0 Å². The number of hydrogen-bond donors (Lipinski definition) is 2. The normalized spacial score (nSPS) is 10.2. The number of amides is 1. The summed E-state index contributed by atoms with van der Waals surface area (Å²) in [6.45, 7) is 1.58. The third kappa shape index (κ3) is 4.34. The second kappa shape index (κ2) is 7.30. The van der Waals surface area contributed by atoms with Gasteiger partial charge in [0.1, 0.15) is 0 Å².